The maximum atomic E-state index is 9.90. The van der Waals surface area contributed by atoms with Crippen molar-refractivity contribution in [3.63, 3.8) is 0 Å². The maximum absolute atomic E-state index is 9.90. The molecule has 2 aromatic rings. The van der Waals surface area contributed by atoms with Gasteiger partial charge in [-0.25, -0.2) is 0 Å². The molecule has 4 heteroatoms. The highest BCUT2D eigenvalue weighted by atomic mass is 16.3. The van der Waals surface area contributed by atoms with Crippen molar-refractivity contribution < 1.29 is 10.2 Å². The first-order valence-electron chi connectivity index (χ1n) is 6.69. The minimum absolute atomic E-state index is 0.307. The highest BCUT2D eigenvalue weighted by Gasteiger charge is 2.15. The summed E-state index contributed by atoms with van der Waals surface area (Å²) >= 11 is 0. The van der Waals surface area contributed by atoms with Gasteiger partial charge in [-0.3, -0.25) is 0 Å². The summed E-state index contributed by atoms with van der Waals surface area (Å²) in [5, 5.41) is 26.0. The van der Waals surface area contributed by atoms with Crippen molar-refractivity contribution in [2.45, 2.75) is 12.2 Å². The van der Waals surface area contributed by atoms with Gasteiger partial charge in [-0.05, 0) is 24.3 Å². The fourth-order valence-electron chi connectivity index (χ4n) is 1.83. The van der Waals surface area contributed by atoms with Gasteiger partial charge in [0.1, 0.15) is 0 Å². The molecular formula is C16H20N2O2. The van der Waals surface area contributed by atoms with Crippen molar-refractivity contribution in [2.75, 3.05) is 23.7 Å². The van der Waals surface area contributed by atoms with Crippen LogP contribution in [0.3, 0.4) is 0 Å². The van der Waals surface area contributed by atoms with Crippen molar-refractivity contribution in [3.05, 3.63) is 60.7 Å². The predicted octanol–water partition coefficient (Wildman–Crippen LogP) is 1.93. The normalized spacial score (nSPS) is 13.5. The lowest BCUT2D eigenvalue weighted by molar-refractivity contribution is 0.0363. The monoisotopic (exact) mass is 272 g/mol. The number of aliphatic hydroxyl groups is 2. The van der Waals surface area contributed by atoms with Crippen LogP contribution < -0.4 is 10.6 Å². The molecule has 4 nitrogen and oxygen atoms in total. The number of para-hydroxylation sites is 2. The van der Waals surface area contributed by atoms with E-state index in [1.807, 2.05) is 60.7 Å². The van der Waals surface area contributed by atoms with E-state index in [4.69, 9.17) is 0 Å². The summed E-state index contributed by atoms with van der Waals surface area (Å²) in [5.41, 5.74) is 1.85. The smallest absolute Gasteiger partial charge is 0.0988 e. The zero-order valence-corrected chi connectivity index (χ0v) is 11.2. The van der Waals surface area contributed by atoms with Gasteiger partial charge in [0.25, 0.3) is 0 Å². The first-order chi connectivity index (χ1) is 9.75. The molecule has 2 aromatic carbocycles. The third-order valence-electron chi connectivity index (χ3n) is 3.02. The van der Waals surface area contributed by atoms with E-state index in [9.17, 15) is 10.2 Å². The molecule has 0 heterocycles. The zero-order valence-electron chi connectivity index (χ0n) is 11.2. The topological polar surface area (TPSA) is 64.5 Å². The van der Waals surface area contributed by atoms with E-state index >= 15 is 0 Å². The summed E-state index contributed by atoms with van der Waals surface area (Å²) in [6.45, 7) is 0.614. The van der Waals surface area contributed by atoms with Gasteiger partial charge in [-0.1, -0.05) is 36.4 Å². The van der Waals surface area contributed by atoms with Gasteiger partial charge >= 0.3 is 0 Å². The van der Waals surface area contributed by atoms with Crippen molar-refractivity contribution in [1.29, 1.82) is 0 Å². The summed E-state index contributed by atoms with van der Waals surface area (Å²) in [4.78, 5) is 0. The molecule has 4 N–H and O–H groups in total. The van der Waals surface area contributed by atoms with Gasteiger partial charge in [-0.15, -0.1) is 0 Å². The Hall–Kier alpha value is -2.04. The highest BCUT2D eigenvalue weighted by molar-refractivity contribution is 5.43. The third kappa shape index (κ3) is 4.57. The SMILES string of the molecule is O[C@H](CNc1ccccc1)[C@H](O)CNc1ccccc1. The summed E-state index contributed by atoms with van der Waals surface area (Å²) in [6.07, 6.45) is -1.65. The van der Waals surface area contributed by atoms with E-state index < -0.39 is 12.2 Å². The molecule has 0 saturated carbocycles. The lowest BCUT2D eigenvalue weighted by atomic mass is 10.2. The van der Waals surface area contributed by atoms with Crippen LogP contribution >= 0.6 is 0 Å². The molecule has 0 aliphatic rings. The molecule has 0 saturated heterocycles. The Morgan fingerprint density at radius 1 is 0.650 bits per heavy atom. The third-order valence-corrected chi connectivity index (χ3v) is 3.02. The molecule has 0 amide bonds. The lowest BCUT2D eigenvalue weighted by Gasteiger charge is -2.19. The second-order valence-electron chi connectivity index (χ2n) is 4.63. The molecule has 106 valence electrons. The average Bonchev–Trinajstić information content (AvgIpc) is 2.52. The number of rotatable bonds is 7. The molecular weight excluding hydrogens is 252 g/mol. The van der Waals surface area contributed by atoms with E-state index in [-0.39, 0.29) is 0 Å². The van der Waals surface area contributed by atoms with E-state index in [2.05, 4.69) is 10.6 Å². The fraction of sp³-hybridized carbons (Fsp3) is 0.250. The van der Waals surface area contributed by atoms with Gasteiger partial charge in [0, 0.05) is 24.5 Å². The van der Waals surface area contributed by atoms with Crippen LogP contribution in [0.25, 0.3) is 0 Å². The van der Waals surface area contributed by atoms with Crippen molar-refractivity contribution in [2.24, 2.45) is 0 Å². The molecule has 2 atom stereocenters. The molecule has 0 aliphatic heterocycles. The standard InChI is InChI=1S/C16H20N2O2/c19-15(11-17-13-7-3-1-4-8-13)16(20)12-18-14-9-5-2-6-10-14/h1-10,15-20H,11-12H2/t15-,16-/m1/s1. The molecule has 0 fully saturated rings. The lowest BCUT2D eigenvalue weighted by Crippen LogP contribution is -2.37. The number of hydrogen-bond acceptors (Lipinski definition) is 4. The predicted molar refractivity (Wildman–Crippen MR) is 81.9 cm³/mol. The van der Waals surface area contributed by atoms with Gasteiger partial charge < -0.3 is 20.8 Å². The van der Waals surface area contributed by atoms with Crippen LogP contribution in [0, 0.1) is 0 Å². The largest absolute Gasteiger partial charge is 0.389 e. The second-order valence-corrected chi connectivity index (χ2v) is 4.63. The van der Waals surface area contributed by atoms with Crippen molar-refractivity contribution in [3.8, 4) is 0 Å². The number of anilines is 2. The van der Waals surface area contributed by atoms with Crippen molar-refractivity contribution in [1.82, 2.24) is 0 Å². The average molecular weight is 272 g/mol. The van der Waals surface area contributed by atoms with Crippen LogP contribution in [0.5, 0.6) is 0 Å². The highest BCUT2D eigenvalue weighted by Crippen LogP contribution is 2.07. The minimum atomic E-state index is -0.827. The quantitative estimate of drug-likeness (QED) is 0.622. The molecule has 2 rings (SSSR count). The van der Waals surface area contributed by atoms with E-state index in [0.717, 1.165) is 11.4 Å². The van der Waals surface area contributed by atoms with E-state index in [1.165, 1.54) is 0 Å². The fourth-order valence-corrected chi connectivity index (χ4v) is 1.83. The van der Waals surface area contributed by atoms with Crippen LogP contribution in [0.15, 0.2) is 60.7 Å². The van der Waals surface area contributed by atoms with E-state index in [1.54, 1.807) is 0 Å². The van der Waals surface area contributed by atoms with Crippen LogP contribution in [0.2, 0.25) is 0 Å². The van der Waals surface area contributed by atoms with Crippen molar-refractivity contribution >= 4 is 11.4 Å². The van der Waals surface area contributed by atoms with E-state index in [0.29, 0.717) is 13.1 Å². The summed E-state index contributed by atoms with van der Waals surface area (Å²) in [5.74, 6) is 0. The zero-order chi connectivity index (χ0) is 14.2. The number of nitrogens with one attached hydrogen (secondary N) is 2. The molecule has 0 bridgehead atoms. The van der Waals surface area contributed by atoms with Gasteiger partial charge in [0.05, 0.1) is 12.2 Å². The molecule has 0 radical (unpaired) electrons. The maximum Gasteiger partial charge on any atom is 0.0988 e. The first-order valence-corrected chi connectivity index (χ1v) is 6.69. The number of aliphatic hydroxyl groups excluding tert-OH is 2. The molecule has 20 heavy (non-hydrogen) atoms. The summed E-state index contributed by atoms with van der Waals surface area (Å²) in [7, 11) is 0. The minimum Gasteiger partial charge on any atom is -0.389 e. The molecule has 0 unspecified atom stereocenters. The Balaban J connectivity index is 1.73. The second kappa shape index (κ2) is 7.53. The Labute approximate surface area is 119 Å². The Morgan fingerprint density at radius 3 is 1.35 bits per heavy atom. The molecule has 0 spiro atoms. The van der Waals surface area contributed by atoms with Gasteiger partial charge in [0.15, 0.2) is 0 Å². The van der Waals surface area contributed by atoms with Crippen LogP contribution in [0.1, 0.15) is 0 Å². The van der Waals surface area contributed by atoms with Crippen LogP contribution in [-0.4, -0.2) is 35.5 Å². The number of benzene rings is 2. The van der Waals surface area contributed by atoms with Crippen LogP contribution in [-0.2, 0) is 0 Å². The summed E-state index contributed by atoms with van der Waals surface area (Å²) < 4.78 is 0. The molecule has 0 aromatic heterocycles. The number of hydrogen-bond donors (Lipinski definition) is 4. The molecule has 0 aliphatic carbocycles. The first kappa shape index (κ1) is 14.4. The van der Waals surface area contributed by atoms with Crippen LogP contribution in [0.4, 0.5) is 11.4 Å². The Morgan fingerprint density at radius 2 is 1.00 bits per heavy atom. The summed E-state index contributed by atoms with van der Waals surface area (Å²) in [6, 6.07) is 19.2. The Kier molecular flexibility index (Phi) is 5.41. The Bertz CT molecular complexity index is 443. The van der Waals surface area contributed by atoms with Gasteiger partial charge in [-0.2, -0.15) is 0 Å². The van der Waals surface area contributed by atoms with Gasteiger partial charge in [0.2, 0.25) is 0 Å².